The van der Waals surface area contributed by atoms with Crippen molar-refractivity contribution in [2.45, 2.75) is 19.4 Å². The Morgan fingerprint density at radius 1 is 1.09 bits per heavy atom. The molecule has 116 valence electrons. The van der Waals surface area contributed by atoms with Crippen LogP contribution >= 0.6 is 0 Å². The highest BCUT2D eigenvalue weighted by atomic mass is 16.1. The van der Waals surface area contributed by atoms with Crippen molar-refractivity contribution in [1.29, 1.82) is 0 Å². The Labute approximate surface area is 134 Å². The van der Waals surface area contributed by atoms with E-state index >= 15 is 0 Å². The van der Waals surface area contributed by atoms with Crippen LogP contribution in [0, 0.1) is 0 Å². The lowest BCUT2D eigenvalue weighted by molar-refractivity contribution is 0.636. The quantitative estimate of drug-likeness (QED) is 0.693. The predicted octanol–water partition coefficient (Wildman–Crippen LogP) is 2.69. The van der Waals surface area contributed by atoms with Gasteiger partial charge in [-0.25, -0.2) is 4.98 Å². The zero-order chi connectivity index (χ0) is 15.8. The van der Waals surface area contributed by atoms with E-state index in [2.05, 4.69) is 9.88 Å². The van der Waals surface area contributed by atoms with Gasteiger partial charge in [0.05, 0.1) is 16.6 Å². The van der Waals surface area contributed by atoms with Crippen molar-refractivity contribution in [2.75, 3.05) is 18.5 Å². The number of rotatable bonds is 1. The van der Waals surface area contributed by atoms with Gasteiger partial charge in [0.25, 0.3) is 5.56 Å². The molecule has 0 fully saturated rings. The highest BCUT2D eigenvalue weighted by Crippen LogP contribution is 2.23. The molecule has 0 saturated heterocycles. The van der Waals surface area contributed by atoms with E-state index in [0.29, 0.717) is 5.39 Å². The summed E-state index contributed by atoms with van der Waals surface area (Å²) < 4.78 is 1.80. The molecule has 0 unspecified atom stereocenters. The molecule has 0 aliphatic carbocycles. The third kappa shape index (κ3) is 2.38. The van der Waals surface area contributed by atoms with Crippen molar-refractivity contribution < 1.29 is 0 Å². The topological polar surface area (TPSA) is 51.0 Å². The van der Waals surface area contributed by atoms with Crippen molar-refractivity contribution in [2.24, 2.45) is 0 Å². The second-order valence-electron chi connectivity index (χ2n) is 5.94. The highest BCUT2D eigenvalue weighted by molar-refractivity contribution is 5.83. The number of nitrogens with zero attached hydrogens (tertiary/aromatic N) is 4. The van der Waals surface area contributed by atoms with Crippen LogP contribution in [0.3, 0.4) is 0 Å². The van der Waals surface area contributed by atoms with Crippen molar-refractivity contribution in [3.8, 4) is 11.3 Å². The van der Waals surface area contributed by atoms with Gasteiger partial charge >= 0.3 is 0 Å². The van der Waals surface area contributed by atoms with E-state index in [1.807, 2.05) is 43.4 Å². The number of pyridine rings is 1. The van der Waals surface area contributed by atoms with E-state index in [-0.39, 0.29) is 5.56 Å². The molecule has 5 nitrogen and oxygen atoms in total. The van der Waals surface area contributed by atoms with E-state index < -0.39 is 0 Å². The van der Waals surface area contributed by atoms with Crippen LogP contribution in [0.5, 0.6) is 0 Å². The Morgan fingerprint density at radius 3 is 2.78 bits per heavy atom. The molecule has 1 aliphatic heterocycles. The maximum Gasteiger partial charge on any atom is 0.262 e. The standard InChI is InChI=1S/C18H18N4O/c1-21-10-4-5-11-22-17(23)14-8-7-13(12-16(14)20-18(21)22)15-6-2-3-9-19-15/h2-3,6-9,12H,4-5,10-11H2,1H3. The number of hydrogen-bond donors (Lipinski definition) is 0. The maximum absolute atomic E-state index is 12.8. The average molecular weight is 306 g/mol. The van der Waals surface area contributed by atoms with Crippen LogP contribution in [0.4, 0.5) is 5.95 Å². The molecular formula is C18H18N4O. The molecule has 3 aromatic rings. The van der Waals surface area contributed by atoms with E-state index in [0.717, 1.165) is 48.7 Å². The van der Waals surface area contributed by atoms with Gasteiger partial charge in [-0.2, -0.15) is 0 Å². The zero-order valence-corrected chi connectivity index (χ0v) is 13.1. The lowest BCUT2D eigenvalue weighted by atomic mass is 10.1. The van der Waals surface area contributed by atoms with Gasteiger partial charge in [-0.05, 0) is 37.1 Å². The summed E-state index contributed by atoms with van der Waals surface area (Å²) in [5, 5.41) is 0.670. The van der Waals surface area contributed by atoms with E-state index in [9.17, 15) is 4.79 Å². The number of aromatic nitrogens is 3. The van der Waals surface area contributed by atoms with E-state index in [1.54, 1.807) is 10.8 Å². The summed E-state index contributed by atoms with van der Waals surface area (Å²) in [5.41, 5.74) is 2.65. The molecule has 0 atom stereocenters. The summed E-state index contributed by atoms with van der Waals surface area (Å²) in [5.74, 6) is 0.762. The first-order valence-electron chi connectivity index (χ1n) is 7.91. The van der Waals surface area contributed by atoms with Crippen molar-refractivity contribution in [3.05, 3.63) is 52.9 Å². The second kappa shape index (κ2) is 5.50. The number of fused-ring (bicyclic) bond motifs is 2. The highest BCUT2D eigenvalue weighted by Gasteiger charge is 2.17. The minimum atomic E-state index is 0.0475. The summed E-state index contributed by atoms with van der Waals surface area (Å²) in [6.45, 7) is 1.67. The third-order valence-electron chi connectivity index (χ3n) is 4.36. The lowest BCUT2D eigenvalue weighted by Gasteiger charge is -2.19. The number of hydrogen-bond acceptors (Lipinski definition) is 4. The fourth-order valence-electron chi connectivity index (χ4n) is 3.11. The van der Waals surface area contributed by atoms with E-state index in [1.165, 1.54) is 0 Å². The SMILES string of the molecule is CN1CCCCn2c1nc1cc(-c3ccccn3)ccc1c2=O. The summed E-state index contributed by atoms with van der Waals surface area (Å²) in [4.78, 5) is 24.0. The van der Waals surface area contributed by atoms with Crippen LogP contribution in [0.1, 0.15) is 12.8 Å². The fourth-order valence-corrected chi connectivity index (χ4v) is 3.11. The smallest absolute Gasteiger partial charge is 0.262 e. The monoisotopic (exact) mass is 306 g/mol. The molecule has 1 aliphatic rings. The molecule has 1 aromatic carbocycles. The largest absolute Gasteiger partial charge is 0.345 e. The minimum absolute atomic E-state index is 0.0475. The third-order valence-corrected chi connectivity index (χ3v) is 4.36. The van der Waals surface area contributed by atoms with Gasteiger partial charge in [0.2, 0.25) is 5.95 Å². The summed E-state index contributed by atoms with van der Waals surface area (Å²) in [6.07, 6.45) is 3.86. The number of anilines is 1. The molecule has 0 saturated carbocycles. The summed E-state index contributed by atoms with van der Waals surface area (Å²) in [6, 6.07) is 11.6. The minimum Gasteiger partial charge on any atom is -0.345 e. The van der Waals surface area contributed by atoms with Crippen LogP contribution in [-0.4, -0.2) is 28.1 Å². The first-order valence-corrected chi connectivity index (χ1v) is 7.91. The second-order valence-corrected chi connectivity index (χ2v) is 5.94. The van der Waals surface area contributed by atoms with Gasteiger partial charge in [0, 0.05) is 31.9 Å². The maximum atomic E-state index is 12.8. The van der Waals surface area contributed by atoms with Crippen molar-refractivity contribution >= 4 is 16.9 Å². The van der Waals surface area contributed by atoms with Gasteiger partial charge in [-0.3, -0.25) is 14.3 Å². The van der Waals surface area contributed by atoms with Gasteiger partial charge in [0.1, 0.15) is 0 Å². The Morgan fingerprint density at radius 2 is 1.96 bits per heavy atom. The first-order chi connectivity index (χ1) is 11.2. The molecule has 5 heteroatoms. The molecule has 4 rings (SSSR count). The van der Waals surface area contributed by atoms with Gasteiger partial charge < -0.3 is 4.90 Å². The summed E-state index contributed by atoms with van der Waals surface area (Å²) >= 11 is 0. The van der Waals surface area contributed by atoms with E-state index in [4.69, 9.17) is 4.98 Å². The summed E-state index contributed by atoms with van der Waals surface area (Å²) in [7, 11) is 2.00. The normalized spacial score (nSPS) is 14.6. The first kappa shape index (κ1) is 13.9. The fraction of sp³-hybridized carbons (Fsp3) is 0.278. The average Bonchev–Trinajstić information content (AvgIpc) is 2.78. The van der Waals surface area contributed by atoms with Crippen LogP contribution < -0.4 is 10.5 Å². The predicted molar refractivity (Wildman–Crippen MR) is 91.7 cm³/mol. The molecule has 0 amide bonds. The lowest BCUT2D eigenvalue weighted by Crippen LogP contribution is -2.28. The Bertz CT molecular complexity index is 917. The molecule has 0 spiro atoms. The van der Waals surface area contributed by atoms with Gasteiger partial charge in [0.15, 0.2) is 0 Å². The Balaban J connectivity index is 1.94. The van der Waals surface area contributed by atoms with Gasteiger partial charge in [-0.1, -0.05) is 12.1 Å². The molecule has 0 bridgehead atoms. The molecule has 0 N–H and O–H groups in total. The van der Waals surface area contributed by atoms with Crippen molar-refractivity contribution in [1.82, 2.24) is 14.5 Å². The van der Waals surface area contributed by atoms with Crippen LogP contribution in [-0.2, 0) is 6.54 Å². The zero-order valence-electron chi connectivity index (χ0n) is 13.1. The number of benzene rings is 1. The molecular weight excluding hydrogens is 288 g/mol. The van der Waals surface area contributed by atoms with Crippen LogP contribution in [0.2, 0.25) is 0 Å². The molecule has 3 heterocycles. The molecule has 0 radical (unpaired) electrons. The van der Waals surface area contributed by atoms with Gasteiger partial charge in [-0.15, -0.1) is 0 Å². The molecule has 23 heavy (non-hydrogen) atoms. The van der Waals surface area contributed by atoms with Crippen molar-refractivity contribution in [3.63, 3.8) is 0 Å². The Hall–Kier alpha value is -2.69. The Kier molecular flexibility index (Phi) is 3.33. The van der Waals surface area contributed by atoms with Crippen LogP contribution in [0.15, 0.2) is 47.4 Å². The molecule has 2 aromatic heterocycles. The van der Waals surface area contributed by atoms with Crippen LogP contribution in [0.25, 0.3) is 22.2 Å².